The molecule has 5 heterocycles. The lowest BCUT2D eigenvalue weighted by Crippen LogP contribution is -2.41. The monoisotopic (exact) mass is 473 g/mol. The van der Waals surface area contributed by atoms with Crippen molar-refractivity contribution >= 4 is 33.6 Å². The number of nitrogens with zero attached hydrogens (tertiary/aromatic N) is 6. The van der Waals surface area contributed by atoms with Crippen LogP contribution in [-0.2, 0) is 16.0 Å². The molecule has 4 aromatic heterocycles. The van der Waals surface area contributed by atoms with Gasteiger partial charge in [0, 0.05) is 50.2 Å². The molecule has 0 unspecified atom stereocenters. The number of ketones is 1. The summed E-state index contributed by atoms with van der Waals surface area (Å²) in [5, 5.41) is 0.267. The fourth-order valence-corrected chi connectivity index (χ4v) is 4.54. The molecule has 0 bridgehead atoms. The van der Waals surface area contributed by atoms with E-state index in [2.05, 4.69) is 19.9 Å². The van der Waals surface area contributed by atoms with Crippen molar-refractivity contribution in [3.63, 3.8) is 0 Å². The summed E-state index contributed by atoms with van der Waals surface area (Å²) in [4.78, 5) is 70.6. The minimum atomic E-state index is -0.527. The molecule has 1 amide bonds. The summed E-state index contributed by atoms with van der Waals surface area (Å²) >= 11 is 0. The summed E-state index contributed by atoms with van der Waals surface area (Å²) in [6.45, 7) is 4.06. The van der Waals surface area contributed by atoms with E-state index in [1.165, 1.54) is 20.0 Å². The third-order valence-corrected chi connectivity index (χ3v) is 6.29. The van der Waals surface area contributed by atoms with Crippen LogP contribution in [0.2, 0.25) is 0 Å². The number of piperidine rings is 1. The van der Waals surface area contributed by atoms with Crippen LogP contribution in [0.15, 0.2) is 40.3 Å². The number of fused-ring (bicyclic) bond motifs is 3. The van der Waals surface area contributed by atoms with E-state index in [1.807, 2.05) is 0 Å². The molecule has 0 atom stereocenters. The molecule has 0 spiro atoms. The number of pyridine rings is 2. The second-order valence-electron chi connectivity index (χ2n) is 8.72. The molecular weight excluding hydrogens is 450 g/mol. The van der Waals surface area contributed by atoms with Crippen molar-refractivity contribution in [3.05, 3.63) is 57.4 Å². The van der Waals surface area contributed by atoms with Crippen LogP contribution in [-0.4, -0.2) is 59.2 Å². The average Bonchev–Trinajstić information content (AvgIpc) is 2.84. The van der Waals surface area contributed by atoms with Gasteiger partial charge in [0.05, 0.1) is 28.5 Å². The molecule has 1 aliphatic heterocycles. The van der Waals surface area contributed by atoms with Crippen molar-refractivity contribution in [2.24, 2.45) is 0 Å². The lowest BCUT2D eigenvalue weighted by atomic mass is 10.0. The van der Waals surface area contributed by atoms with Crippen molar-refractivity contribution in [3.8, 4) is 11.3 Å². The van der Waals surface area contributed by atoms with Crippen LogP contribution >= 0.6 is 0 Å². The van der Waals surface area contributed by atoms with Crippen LogP contribution < -0.4 is 11.2 Å². The lowest BCUT2D eigenvalue weighted by molar-refractivity contribution is -0.130. The Morgan fingerprint density at radius 2 is 1.74 bits per heavy atom. The highest BCUT2D eigenvalue weighted by Crippen LogP contribution is 2.28. The molecule has 11 nitrogen and oxygen atoms in total. The zero-order valence-electron chi connectivity index (χ0n) is 19.3. The molecule has 4 aromatic rings. The number of aromatic amines is 1. The van der Waals surface area contributed by atoms with Crippen LogP contribution in [0.25, 0.3) is 33.2 Å². The van der Waals surface area contributed by atoms with Crippen molar-refractivity contribution in [2.75, 3.05) is 13.1 Å². The molecule has 0 radical (unpaired) electrons. The molecule has 1 saturated heterocycles. The molecule has 178 valence electrons. The van der Waals surface area contributed by atoms with Gasteiger partial charge in [-0.05, 0) is 31.9 Å². The molecule has 5 rings (SSSR count). The number of amides is 1. The SMILES string of the molecule is CC(=O)Cc1ncc(-c2ccc3ncc4c(=O)[nH]c(=O)n(C5CCN(C(C)=O)CC5)c4c3n2)cn1. The number of nitrogens with one attached hydrogen (secondary N) is 1. The Kier molecular flexibility index (Phi) is 5.67. The highest BCUT2D eigenvalue weighted by molar-refractivity contribution is 6.01. The molecular formula is C24H23N7O4. The molecule has 0 aromatic carbocycles. The Morgan fingerprint density at radius 3 is 2.40 bits per heavy atom. The van der Waals surface area contributed by atoms with Gasteiger partial charge in [-0.1, -0.05) is 0 Å². The minimum Gasteiger partial charge on any atom is -0.343 e. The molecule has 0 aliphatic carbocycles. The standard InChI is InChI=1S/C24H23N7O4/c1-13(32)9-20-26-10-15(11-27-20)18-3-4-19-21(28-18)22-17(12-25-19)23(34)29-24(35)31(22)16-5-7-30(8-6-16)14(2)33/h3-4,10-12,16H,5-9H2,1-2H3,(H,29,34,35). The highest BCUT2D eigenvalue weighted by atomic mass is 16.2. The summed E-state index contributed by atoms with van der Waals surface area (Å²) in [5.74, 6) is 0.391. The number of H-pyrrole nitrogens is 1. The van der Waals surface area contributed by atoms with Crippen molar-refractivity contribution in [1.29, 1.82) is 0 Å². The van der Waals surface area contributed by atoms with Crippen LogP contribution in [0.3, 0.4) is 0 Å². The van der Waals surface area contributed by atoms with Crippen LogP contribution in [0.1, 0.15) is 38.6 Å². The number of hydrogen-bond donors (Lipinski definition) is 1. The van der Waals surface area contributed by atoms with E-state index in [9.17, 15) is 19.2 Å². The molecule has 1 N–H and O–H groups in total. The number of carbonyl (C=O) groups excluding carboxylic acids is 2. The minimum absolute atomic E-state index is 0.000350. The summed E-state index contributed by atoms with van der Waals surface area (Å²) in [5.41, 5.74) is 1.51. The first-order valence-corrected chi connectivity index (χ1v) is 11.3. The van der Waals surface area contributed by atoms with E-state index in [4.69, 9.17) is 4.98 Å². The largest absolute Gasteiger partial charge is 0.343 e. The second-order valence-corrected chi connectivity index (χ2v) is 8.72. The maximum absolute atomic E-state index is 13.0. The maximum Gasteiger partial charge on any atom is 0.329 e. The summed E-state index contributed by atoms with van der Waals surface area (Å²) in [6.07, 6.45) is 5.95. The first kappa shape index (κ1) is 22.5. The molecule has 0 saturated carbocycles. The Bertz CT molecular complexity index is 1580. The Balaban J connectivity index is 1.66. The third kappa shape index (κ3) is 4.20. The van der Waals surface area contributed by atoms with Gasteiger partial charge >= 0.3 is 5.69 Å². The first-order valence-electron chi connectivity index (χ1n) is 11.3. The number of Topliss-reactive ketones (excluding diaryl/α,β-unsaturated/α-hetero) is 1. The van der Waals surface area contributed by atoms with Crippen LogP contribution in [0, 0.1) is 0 Å². The normalized spacial score (nSPS) is 14.5. The quantitative estimate of drug-likeness (QED) is 0.438. The van der Waals surface area contributed by atoms with Gasteiger partial charge in [-0.2, -0.15) is 0 Å². The topological polar surface area (TPSA) is 144 Å². The van der Waals surface area contributed by atoms with Gasteiger partial charge in [-0.15, -0.1) is 0 Å². The van der Waals surface area contributed by atoms with Crippen LogP contribution in [0.4, 0.5) is 0 Å². The van der Waals surface area contributed by atoms with Gasteiger partial charge in [0.2, 0.25) is 5.91 Å². The van der Waals surface area contributed by atoms with Gasteiger partial charge < -0.3 is 4.90 Å². The van der Waals surface area contributed by atoms with E-state index in [1.54, 1.807) is 34.0 Å². The van der Waals surface area contributed by atoms with Gasteiger partial charge in [0.1, 0.15) is 17.1 Å². The number of aromatic nitrogens is 6. The fourth-order valence-electron chi connectivity index (χ4n) is 4.54. The molecule has 1 aliphatic rings. The van der Waals surface area contributed by atoms with Gasteiger partial charge in [-0.25, -0.2) is 19.7 Å². The van der Waals surface area contributed by atoms with Gasteiger partial charge in [0.25, 0.3) is 5.56 Å². The van der Waals surface area contributed by atoms with Crippen molar-refractivity contribution in [2.45, 2.75) is 39.2 Å². The second kappa shape index (κ2) is 8.82. The van der Waals surface area contributed by atoms with Crippen molar-refractivity contribution in [1.82, 2.24) is 34.4 Å². The van der Waals surface area contributed by atoms with E-state index in [-0.39, 0.29) is 29.5 Å². The molecule has 35 heavy (non-hydrogen) atoms. The van der Waals surface area contributed by atoms with Crippen molar-refractivity contribution < 1.29 is 9.59 Å². The predicted octanol–water partition coefficient (Wildman–Crippen LogP) is 1.40. The van der Waals surface area contributed by atoms with E-state index >= 15 is 0 Å². The fraction of sp³-hybridized carbons (Fsp3) is 0.333. The average molecular weight is 473 g/mol. The zero-order valence-corrected chi connectivity index (χ0v) is 19.3. The van der Waals surface area contributed by atoms with Crippen LogP contribution in [0.5, 0.6) is 0 Å². The Morgan fingerprint density at radius 1 is 1.03 bits per heavy atom. The van der Waals surface area contributed by atoms with E-state index in [0.29, 0.717) is 59.6 Å². The van der Waals surface area contributed by atoms with E-state index < -0.39 is 11.2 Å². The smallest absolute Gasteiger partial charge is 0.329 e. The van der Waals surface area contributed by atoms with E-state index in [0.717, 1.165) is 0 Å². The van der Waals surface area contributed by atoms with Gasteiger partial charge in [-0.3, -0.25) is 28.9 Å². The van der Waals surface area contributed by atoms with Gasteiger partial charge in [0.15, 0.2) is 0 Å². The lowest BCUT2D eigenvalue weighted by Gasteiger charge is -2.32. The number of carbonyl (C=O) groups is 2. The highest BCUT2D eigenvalue weighted by Gasteiger charge is 2.26. The Labute approximate surface area is 198 Å². The third-order valence-electron chi connectivity index (χ3n) is 6.29. The first-order chi connectivity index (χ1) is 16.8. The molecule has 1 fully saturated rings. The zero-order chi connectivity index (χ0) is 24.7. The molecule has 11 heteroatoms. The maximum atomic E-state index is 13.0. The number of hydrogen-bond acceptors (Lipinski definition) is 8. The number of likely N-dealkylation sites (tertiary alicyclic amines) is 1. The summed E-state index contributed by atoms with van der Waals surface area (Å²) in [7, 11) is 0. The Hall–Kier alpha value is -4.28. The predicted molar refractivity (Wildman–Crippen MR) is 128 cm³/mol. The number of rotatable bonds is 4. The summed E-state index contributed by atoms with van der Waals surface area (Å²) < 4.78 is 1.58. The summed E-state index contributed by atoms with van der Waals surface area (Å²) in [6, 6.07) is 3.34.